The van der Waals surface area contributed by atoms with Crippen LogP contribution in [0.25, 0.3) is 11.1 Å². The van der Waals surface area contributed by atoms with E-state index in [1.165, 1.54) is 12.1 Å². The van der Waals surface area contributed by atoms with Gasteiger partial charge in [0, 0.05) is 30.6 Å². The Bertz CT molecular complexity index is 796. The number of non-ortho nitro benzene ring substituents is 1. The van der Waals surface area contributed by atoms with E-state index in [2.05, 4.69) is 15.3 Å². The number of aromatic nitrogens is 2. The number of nitro benzene ring substituents is 1. The van der Waals surface area contributed by atoms with Crippen LogP contribution >= 0.6 is 0 Å². The zero-order valence-electron chi connectivity index (χ0n) is 11.2. The molecule has 0 aliphatic rings. The second-order valence-corrected chi connectivity index (χ2v) is 4.59. The molecule has 106 valence electrons. The summed E-state index contributed by atoms with van der Waals surface area (Å²) in [6.07, 6.45) is 1.77. The summed E-state index contributed by atoms with van der Waals surface area (Å²) in [6, 6.07) is 8.53. The highest BCUT2D eigenvalue weighted by atomic mass is 16.6. The van der Waals surface area contributed by atoms with E-state index in [1.54, 1.807) is 12.3 Å². The van der Waals surface area contributed by atoms with E-state index in [4.69, 9.17) is 4.42 Å². The Labute approximate surface area is 119 Å². The first-order valence-electron chi connectivity index (χ1n) is 6.32. The summed E-state index contributed by atoms with van der Waals surface area (Å²) in [7, 11) is 0. The third kappa shape index (κ3) is 2.81. The summed E-state index contributed by atoms with van der Waals surface area (Å²) in [5.41, 5.74) is 2.89. The smallest absolute Gasteiger partial charge is 0.295 e. The fourth-order valence-corrected chi connectivity index (χ4v) is 1.89. The maximum absolute atomic E-state index is 10.7. The molecule has 0 fully saturated rings. The van der Waals surface area contributed by atoms with E-state index in [0.29, 0.717) is 23.7 Å². The van der Waals surface area contributed by atoms with Crippen LogP contribution < -0.4 is 5.32 Å². The van der Waals surface area contributed by atoms with Crippen molar-refractivity contribution in [2.75, 3.05) is 5.32 Å². The van der Waals surface area contributed by atoms with E-state index < -0.39 is 4.92 Å². The van der Waals surface area contributed by atoms with Crippen molar-refractivity contribution in [2.24, 2.45) is 0 Å². The van der Waals surface area contributed by atoms with E-state index in [-0.39, 0.29) is 5.69 Å². The molecule has 0 aliphatic carbocycles. The first kappa shape index (κ1) is 13.0. The van der Waals surface area contributed by atoms with Crippen molar-refractivity contribution >= 4 is 22.8 Å². The molecule has 0 radical (unpaired) electrons. The lowest BCUT2D eigenvalue weighted by Gasteiger charge is -2.01. The number of hydrogen-bond acceptors (Lipinski definition) is 6. The minimum absolute atomic E-state index is 0.00918. The van der Waals surface area contributed by atoms with Gasteiger partial charge >= 0.3 is 0 Å². The molecule has 7 heteroatoms. The Morgan fingerprint density at radius 3 is 2.90 bits per heavy atom. The fourth-order valence-electron chi connectivity index (χ4n) is 1.89. The van der Waals surface area contributed by atoms with Gasteiger partial charge in [0.2, 0.25) is 0 Å². The van der Waals surface area contributed by atoms with Crippen molar-refractivity contribution in [3.05, 3.63) is 57.9 Å². The quantitative estimate of drug-likeness (QED) is 0.584. The molecular formula is C14H12N4O3. The van der Waals surface area contributed by atoms with Crippen LogP contribution in [0.15, 0.2) is 40.9 Å². The molecule has 0 unspecified atom stereocenters. The normalized spacial score (nSPS) is 10.7. The van der Waals surface area contributed by atoms with Gasteiger partial charge in [0.15, 0.2) is 5.58 Å². The van der Waals surface area contributed by atoms with Crippen molar-refractivity contribution in [3.8, 4) is 0 Å². The highest BCUT2D eigenvalue weighted by Crippen LogP contribution is 2.23. The molecule has 0 atom stereocenters. The Morgan fingerprint density at radius 1 is 1.33 bits per heavy atom. The number of benzene rings is 1. The third-order valence-electron chi connectivity index (χ3n) is 3.00. The molecule has 21 heavy (non-hydrogen) atoms. The molecule has 2 aromatic heterocycles. The van der Waals surface area contributed by atoms with Crippen LogP contribution in [0.1, 0.15) is 11.3 Å². The first-order chi connectivity index (χ1) is 10.1. The van der Waals surface area contributed by atoms with Crippen molar-refractivity contribution in [3.63, 3.8) is 0 Å². The lowest BCUT2D eigenvalue weighted by Crippen LogP contribution is -2.00. The molecular weight excluding hydrogens is 272 g/mol. The van der Waals surface area contributed by atoms with Gasteiger partial charge in [-0.3, -0.25) is 15.1 Å². The highest BCUT2D eigenvalue weighted by molar-refractivity contribution is 5.77. The lowest BCUT2D eigenvalue weighted by atomic mass is 10.2. The van der Waals surface area contributed by atoms with Crippen LogP contribution in [0.4, 0.5) is 11.7 Å². The maximum atomic E-state index is 10.7. The Balaban J connectivity index is 1.78. The number of oxazole rings is 1. The molecule has 0 saturated heterocycles. The topological polar surface area (TPSA) is 94.1 Å². The number of nitrogens with one attached hydrogen (secondary N) is 1. The second-order valence-electron chi connectivity index (χ2n) is 4.59. The molecule has 2 heterocycles. The van der Waals surface area contributed by atoms with E-state index in [1.807, 2.05) is 19.1 Å². The third-order valence-corrected chi connectivity index (χ3v) is 3.00. The van der Waals surface area contributed by atoms with Gasteiger partial charge in [-0.25, -0.2) is 0 Å². The Kier molecular flexibility index (Phi) is 3.23. The molecule has 0 amide bonds. The number of aryl methyl sites for hydroxylation is 1. The minimum atomic E-state index is -0.459. The van der Waals surface area contributed by atoms with Gasteiger partial charge in [-0.2, -0.15) is 4.98 Å². The molecule has 3 aromatic rings. The lowest BCUT2D eigenvalue weighted by molar-refractivity contribution is -0.384. The van der Waals surface area contributed by atoms with Gasteiger partial charge < -0.3 is 9.73 Å². The summed E-state index contributed by atoms with van der Waals surface area (Å²) >= 11 is 0. The number of nitrogens with zero attached hydrogens (tertiary/aromatic N) is 3. The molecule has 0 saturated carbocycles. The fraction of sp³-hybridized carbons (Fsp3) is 0.143. The van der Waals surface area contributed by atoms with Gasteiger partial charge in [-0.1, -0.05) is 6.07 Å². The van der Waals surface area contributed by atoms with Crippen LogP contribution in [0.5, 0.6) is 0 Å². The van der Waals surface area contributed by atoms with Crippen LogP contribution in [0.2, 0.25) is 0 Å². The standard InChI is InChI=1S/C14H12N4O3/c1-9-2-3-10(7-15-9)8-16-14-17-12-6-11(18(19)20)4-5-13(12)21-14/h2-7H,8H2,1H3,(H,16,17). The maximum Gasteiger partial charge on any atom is 0.295 e. The van der Waals surface area contributed by atoms with Crippen LogP contribution in [-0.4, -0.2) is 14.9 Å². The predicted molar refractivity (Wildman–Crippen MR) is 77.0 cm³/mol. The molecule has 1 aromatic carbocycles. The van der Waals surface area contributed by atoms with Crippen molar-refractivity contribution in [1.29, 1.82) is 0 Å². The monoisotopic (exact) mass is 284 g/mol. The number of fused-ring (bicyclic) bond motifs is 1. The molecule has 0 spiro atoms. The first-order valence-corrected chi connectivity index (χ1v) is 6.32. The molecule has 0 bridgehead atoms. The number of hydrogen-bond donors (Lipinski definition) is 1. The second kappa shape index (κ2) is 5.20. The van der Waals surface area contributed by atoms with Crippen molar-refractivity contribution in [2.45, 2.75) is 13.5 Å². The number of anilines is 1. The number of rotatable bonds is 4. The minimum Gasteiger partial charge on any atom is -0.424 e. The van der Waals surface area contributed by atoms with Crippen molar-refractivity contribution in [1.82, 2.24) is 9.97 Å². The van der Waals surface area contributed by atoms with E-state index in [9.17, 15) is 10.1 Å². The largest absolute Gasteiger partial charge is 0.424 e. The zero-order valence-corrected chi connectivity index (χ0v) is 11.2. The molecule has 1 N–H and O–H groups in total. The van der Waals surface area contributed by atoms with Gasteiger partial charge in [0.05, 0.1) is 4.92 Å². The number of pyridine rings is 1. The average molecular weight is 284 g/mol. The Morgan fingerprint density at radius 2 is 2.19 bits per heavy atom. The highest BCUT2D eigenvalue weighted by Gasteiger charge is 2.11. The van der Waals surface area contributed by atoms with Gasteiger partial charge in [-0.15, -0.1) is 0 Å². The van der Waals surface area contributed by atoms with E-state index in [0.717, 1.165) is 11.3 Å². The molecule has 0 aliphatic heterocycles. The Hall–Kier alpha value is -2.96. The van der Waals surface area contributed by atoms with Crippen molar-refractivity contribution < 1.29 is 9.34 Å². The summed E-state index contributed by atoms with van der Waals surface area (Å²) in [5.74, 6) is 0. The number of nitro groups is 1. The average Bonchev–Trinajstić information content (AvgIpc) is 2.88. The van der Waals surface area contributed by atoms with Gasteiger partial charge in [0.1, 0.15) is 5.52 Å². The molecule has 3 rings (SSSR count). The van der Waals surface area contributed by atoms with Crippen LogP contribution in [0.3, 0.4) is 0 Å². The predicted octanol–water partition coefficient (Wildman–Crippen LogP) is 3.05. The summed E-state index contributed by atoms with van der Waals surface area (Å²) in [4.78, 5) is 18.6. The zero-order chi connectivity index (χ0) is 14.8. The van der Waals surface area contributed by atoms with Crippen LogP contribution in [0, 0.1) is 17.0 Å². The summed E-state index contributed by atoms with van der Waals surface area (Å²) in [5, 5.41) is 13.7. The SMILES string of the molecule is Cc1ccc(CNc2nc3cc([N+](=O)[O-])ccc3o2)cn1. The summed E-state index contributed by atoms with van der Waals surface area (Å²) in [6.45, 7) is 2.44. The van der Waals surface area contributed by atoms with Crippen LogP contribution in [-0.2, 0) is 6.54 Å². The van der Waals surface area contributed by atoms with Gasteiger partial charge in [0.25, 0.3) is 11.7 Å². The molecule has 7 nitrogen and oxygen atoms in total. The van der Waals surface area contributed by atoms with Gasteiger partial charge in [-0.05, 0) is 24.6 Å². The van der Waals surface area contributed by atoms with E-state index >= 15 is 0 Å². The summed E-state index contributed by atoms with van der Waals surface area (Å²) < 4.78 is 5.48.